The molecule has 0 aliphatic heterocycles. The predicted molar refractivity (Wildman–Crippen MR) is 157 cm³/mol. The molecular formula is C33H40N3+. The number of benzene rings is 3. The first kappa shape index (κ1) is 25.5. The molecule has 3 heteroatoms. The van der Waals surface area contributed by atoms with Gasteiger partial charge >= 0.3 is 0 Å². The van der Waals surface area contributed by atoms with E-state index in [1.54, 1.807) is 0 Å². The minimum Gasteiger partial charge on any atom is -0.372 e. The lowest BCUT2D eigenvalue weighted by atomic mass is 9.83. The van der Waals surface area contributed by atoms with Gasteiger partial charge < -0.3 is 9.80 Å². The minimum absolute atomic E-state index is 0.902. The van der Waals surface area contributed by atoms with Crippen LogP contribution in [0.3, 0.4) is 0 Å². The molecule has 0 heterocycles. The molecule has 0 bridgehead atoms. The van der Waals surface area contributed by atoms with E-state index in [4.69, 9.17) is 0 Å². The fourth-order valence-corrected chi connectivity index (χ4v) is 5.19. The van der Waals surface area contributed by atoms with Crippen LogP contribution in [0.25, 0.3) is 11.1 Å². The number of hydrogen-bond acceptors (Lipinski definition) is 2. The van der Waals surface area contributed by atoms with Crippen LogP contribution in [0.1, 0.15) is 56.9 Å². The van der Waals surface area contributed by atoms with Crippen molar-refractivity contribution in [1.29, 1.82) is 0 Å². The van der Waals surface area contributed by atoms with Gasteiger partial charge in [-0.1, -0.05) is 42.5 Å². The lowest BCUT2D eigenvalue weighted by molar-refractivity contribution is -0.450. The van der Waals surface area contributed by atoms with Gasteiger partial charge in [0.15, 0.2) is 0 Å². The van der Waals surface area contributed by atoms with Gasteiger partial charge in [-0.2, -0.15) is 0 Å². The molecule has 0 saturated heterocycles. The van der Waals surface area contributed by atoms with Crippen LogP contribution in [-0.4, -0.2) is 38.4 Å². The number of nitrogens with one attached hydrogen (secondary N) is 1. The van der Waals surface area contributed by atoms with Gasteiger partial charge in [-0.15, -0.1) is 0 Å². The Morgan fingerprint density at radius 2 is 1.06 bits per heavy atom. The van der Waals surface area contributed by atoms with E-state index >= 15 is 0 Å². The molecule has 4 rings (SSSR count). The van der Waals surface area contributed by atoms with Gasteiger partial charge in [0.2, 0.25) is 5.71 Å². The number of nitrogens with zero attached hydrogens (tertiary/aromatic N) is 2. The van der Waals surface area contributed by atoms with Gasteiger partial charge in [0, 0.05) is 43.6 Å². The average molecular weight is 479 g/mol. The van der Waals surface area contributed by atoms with Gasteiger partial charge in [0.1, 0.15) is 6.54 Å². The van der Waals surface area contributed by atoms with Gasteiger partial charge in [-0.05, 0) is 98.9 Å². The highest BCUT2D eigenvalue weighted by atomic mass is 15.1. The molecule has 0 spiro atoms. The summed E-state index contributed by atoms with van der Waals surface area (Å²) < 4.78 is 0. The largest absolute Gasteiger partial charge is 0.372 e. The number of hydrogen-bond donors (Lipinski definition) is 1. The molecule has 3 nitrogen and oxygen atoms in total. The molecule has 0 fully saturated rings. The van der Waals surface area contributed by atoms with E-state index in [1.165, 1.54) is 50.5 Å². The summed E-state index contributed by atoms with van der Waals surface area (Å²) in [6, 6.07) is 27.0. The standard InChI is InChI=1S/C33H39N3/c1-6-34-32-24-23-31(29-13-11-12-14-30(29)32)33(25-15-19-27(20-16-25)35(7-2)8-3)26-17-21-28(22-18-26)36(9-4)10-5/h11-24H,6-10H2,1-5H3/p+1. The third-order valence-electron chi connectivity index (χ3n) is 7.13. The summed E-state index contributed by atoms with van der Waals surface area (Å²) in [5.74, 6) is 0. The zero-order valence-corrected chi connectivity index (χ0v) is 22.5. The summed E-state index contributed by atoms with van der Waals surface area (Å²) in [5, 5.41) is 0. The maximum absolute atomic E-state index is 3.54. The second-order valence-electron chi connectivity index (χ2n) is 9.05. The van der Waals surface area contributed by atoms with Crippen molar-refractivity contribution in [2.75, 3.05) is 42.5 Å². The highest BCUT2D eigenvalue weighted by Crippen LogP contribution is 2.37. The molecule has 0 atom stereocenters. The molecule has 0 saturated carbocycles. The van der Waals surface area contributed by atoms with Crippen molar-refractivity contribution in [2.45, 2.75) is 34.6 Å². The van der Waals surface area contributed by atoms with Gasteiger partial charge in [0.25, 0.3) is 0 Å². The van der Waals surface area contributed by atoms with E-state index in [1.807, 2.05) is 0 Å². The monoisotopic (exact) mass is 478 g/mol. The fourth-order valence-electron chi connectivity index (χ4n) is 5.19. The summed E-state index contributed by atoms with van der Waals surface area (Å²) in [5.41, 5.74) is 11.3. The molecule has 1 aliphatic carbocycles. The van der Waals surface area contributed by atoms with E-state index in [-0.39, 0.29) is 0 Å². The number of rotatable bonds is 9. The Hall–Kier alpha value is -3.59. The van der Waals surface area contributed by atoms with Crippen LogP contribution in [0.5, 0.6) is 0 Å². The van der Waals surface area contributed by atoms with E-state index in [2.05, 4.69) is 134 Å². The topological polar surface area (TPSA) is 20.5 Å². The lowest BCUT2D eigenvalue weighted by Crippen LogP contribution is -2.72. The van der Waals surface area contributed by atoms with Crippen LogP contribution in [0.2, 0.25) is 0 Å². The highest BCUT2D eigenvalue weighted by Gasteiger charge is 2.22. The Morgan fingerprint density at radius 1 is 0.583 bits per heavy atom. The van der Waals surface area contributed by atoms with Crippen LogP contribution in [0, 0.1) is 0 Å². The van der Waals surface area contributed by atoms with Gasteiger partial charge in [-0.25, -0.2) is 4.99 Å². The second-order valence-corrected chi connectivity index (χ2v) is 9.05. The Morgan fingerprint density at radius 3 is 1.50 bits per heavy atom. The van der Waals surface area contributed by atoms with Gasteiger partial charge in [-0.3, -0.25) is 0 Å². The summed E-state index contributed by atoms with van der Waals surface area (Å²) in [6.07, 6.45) is 4.52. The lowest BCUT2D eigenvalue weighted by Gasteiger charge is -2.24. The average Bonchev–Trinajstić information content (AvgIpc) is 2.93. The van der Waals surface area contributed by atoms with Crippen molar-refractivity contribution in [3.63, 3.8) is 0 Å². The molecule has 0 radical (unpaired) electrons. The number of allylic oxidation sites excluding steroid dienone is 3. The quantitative estimate of drug-likeness (QED) is 0.420. The molecule has 0 unspecified atom stereocenters. The van der Waals surface area contributed by atoms with E-state index in [0.717, 1.165) is 32.7 Å². The molecule has 0 amide bonds. The highest BCUT2D eigenvalue weighted by molar-refractivity contribution is 6.17. The van der Waals surface area contributed by atoms with E-state index in [9.17, 15) is 0 Å². The van der Waals surface area contributed by atoms with Crippen LogP contribution in [0.15, 0.2) is 84.9 Å². The van der Waals surface area contributed by atoms with Crippen LogP contribution in [-0.2, 0) is 0 Å². The smallest absolute Gasteiger partial charge is 0.206 e. The maximum atomic E-state index is 3.54. The van der Waals surface area contributed by atoms with E-state index in [0.29, 0.717) is 0 Å². The van der Waals surface area contributed by atoms with Crippen molar-refractivity contribution in [3.05, 3.63) is 107 Å². The van der Waals surface area contributed by atoms with Crippen molar-refractivity contribution < 1.29 is 4.99 Å². The minimum atomic E-state index is 0.902. The summed E-state index contributed by atoms with van der Waals surface area (Å²) in [6.45, 7) is 15.9. The van der Waals surface area contributed by atoms with Crippen molar-refractivity contribution >= 4 is 28.2 Å². The summed E-state index contributed by atoms with van der Waals surface area (Å²) in [7, 11) is 0. The molecule has 36 heavy (non-hydrogen) atoms. The molecule has 186 valence electrons. The fraction of sp³-hybridized carbons (Fsp3) is 0.303. The zero-order chi connectivity index (χ0) is 25.5. The van der Waals surface area contributed by atoms with Crippen LogP contribution in [0.4, 0.5) is 11.4 Å². The van der Waals surface area contributed by atoms with Crippen molar-refractivity contribution in [2.24, 2.45) is 0 Å². The Balaban J connectivity index is 1.91. The van der Waals surface area contributed by atoms with Crippen LogP contribution >= 0.6 is 0 Å². The first-order valence-electron chi connectivity index (χ1n) is 13.5. The first-order valence-corrected chi connectivity index (χ1v) is 13.5. The second kappa shape index (κ2) is 11.9. The SMILES string of the molecule is CC[NH+]=C1C=CC(=C(c2ccc(N(CC)CC)cc2)c2ccc(N(CC)CC)cc2)c2ccccc21. The zero-order valence-electron chi connectivity index (χ0n) is 22.5. The van der Waals surface area contributed by atoms with E-state index < -0.39 is 0 Å². The third kappa shape index (κ3) is 5.16. The molecule has 0 aromatic heterocycles. The van der Waals surface area contributed by atoms with Gasteiger partial charge in [0.05, 0.1) is 5.56 Å². The first-order chi connectivity index (χ1) is 17.6. The normalized spacial score (nSPS) is 13.6. The molecule has 1 aliphatic rings. The molecular weight excluding hydrogens is 438 g/mol. The summed E-state index contributed by atoms with van der Waals surface area (Å²) in [4.78, 5) is 8.33. The molecule has 3 aromatic carbocycles. The maximum Gasteiger partial charge on any atom is 0.206 e. The molecule has 3 aromatic rings. The molecule has 1 N–H and O–H groups in total. The Kier molecular flexibility index (Phi) is 8.43. The Bertz CT molecular complexity index is 1180. The number of anilines is 2. The predicted octanol–water partition coefficient (Wildman–Crippen LogP) is 5.80. The van der Waals surface area contributed by atoms with Crippen molar-refractivity contribution in [1.82, 2.24) is 0 Å². The number of fused-ring (bicyclic) bond motifs is 1. The Labute approximate surface area is 217 Å². The third-order valence-corrected chi connectivity index (χ3v) is 7.13. The van der Waals surface area contributed by atoms with Crippen molar-refractivity contribution in [3.8, 4) is 0 Å². The summed E-state index contributed by atoms with van der Waals surface area (Å²) >= 11 is 0. The van der Waals surface area contributed by atoms with Crippen LogP contribution < -0.4 is 14.8 Å².